The minimum absolute atomic E-state index is 0.0122. The fourth-order valence-electron chi connectivity index (χ4n) is 1.56. The van der Waals surface area contributed by atoms with E-state index >= 15 is 0 Å². The van der Waals surface area contributed by atoms with Crippen molar-refractivity contribution in [3.05, 3.63) is 22.2 Å². The number of halogens is 1. The van der Waals surface area contributed by atoms with Crippen molar-refractivity contribution in [2.24, 2.45) is 0 Å². The first-order chi connectivity index (χ1) is 8.08. The van der Waals surface area contributed by atoms with Crippen LogP contribution in [0.25, 0.3) is 0 Å². The number of benzene rings is 1. The monoisotopic (exact) mass is 298 g/mol. The summed E-state index contributed by atoms with van der Waals surface area (Å²) in [6, 6.07) is 3.34. The minimum Gasteiger partial charge on any atom is -0.454 e. The first-order valence-corrected chi connectivity index (χ1v) is 5.99. The molecular formula is C12H11BrO4. The maximum atomic E-state index is 11.8. The summed E-state index contributed by atoms with van der Waals surface area (Å²) in [5.41, 5.74) is 0.530. The highest BCUT2D eigenvalue weighted by atomic mass is 79.9. The summed E-state index contributed by atoms with van der Waals surface area (Å²) in [6.45, 7) is 1.64. The van der Waals surface area contributed by atoms with Crippen LogP contribution in [-0.4, -0.2) is 18.4 Å². The van der Waals surface area contributed by atoms with Crippen LogP contribution in [0.3, 0.4) is 0 Å². The average Bonchev–Trinajstić information content (AvgIpc) is 2.74. The first kappa shape index (κ1) is 12.1. The van der Waals surface area contributed by atoms with Crippen LogP contribution in [0.2, 0.25) is 0 Å². The van der Waals surface area contributed by atoms with E-state index in [1.165, 1.54) is 6.92 Å². The van der Waals surface area contributed by atoms with E-state index in [0.717, 1.165) is 0 Å². The second-order valence-electron chi connectivity index (χ2n) is 3.82. The molecule has 0 amide bonds. The van der Waals surface area contributed by atoms with E-state index in [1.807, 2.05) is 0 Å². The van der Waals surface area contributed by atoms with Crippen LogP contribution in [0.4, 0.5) is 0 Å². The van der Waals surface area contributed by atoms with Gasteiger partial charge in [0.1, 0.15) is 5.78 Å². The third kappa shape index (κ3) is 2.66. The van der Waals surface area contributed by atoms with Gasteiger partial charge in [-0.15, -0.1) is 0 Å². The van der Waals surface area contributed by atoms with Crippen molar-refractivity contribution < 1.29 is 19.1 Å². The summed E-state index contributed by atoms with van der Waals surface area (Å²) < 4.78 is 11.1. The van der Waals surface area contributed by atoms with Gasteiger partial charge in [0.2, 0.25) is 6.79 Å². The Bertz CT molecular complexity index is 482. The Kier molecular flexibility index (Phi) is 3.47. The lowest BCUT2D eigenvalue weighted by molar-refractivity contribution is -0.116. The molecule has 0 saturated heterocycles. The van der Waals surface area contributed by atoms with Crippen molar-refractivity contribution in [3.8, 4) is 11.5 Å². The minimum atomic E-state index is -0.0702. The maximum absolute atomic E-state index is 11.8. The Morgan fingerprint density at radius 1 is 1.29 bits per heavy atom. The summed E-state index contributed by atoms with van der Waals surface area (Å²) in [5.74, 6) is 1.12. The molecule has 1 aliphatic heterocycles. The topological polar surface area (TPSA) is 52.6 Å². The molecule has 1 aromatic carbocycles. The van der Waals surface area contributed by atoms with Crippen molar-refractivity contribution in [3.63, 3.8) is 0 Å². The van der Waals surface area contributed by atoms with E-state index < -0.39 is 0 Å². The molecule has 90 valence electrons. The summed E-state index contributed by atoms with van der Waals surface area (Å²) in [4.78, 5) is 22.7. The molecule has 1 aromatic rings. The lowest BCUT2D eigenvalue weighted by atomic mass is 10.0. The largest absolute Gasteiger partial charge is 0.454 e. The molecular weight excluding hydrogens is 288 g/mol. The molecule has 0 unspecified atom stereocenters. The number of hydrogen-bond donors (Lipinski definition) is 0. The third-order valence-electron chi connectivity index (χ3n) is 2.45. The van der Waals surface area contributed by atoms with Gasteiger partial charge in [-0.05, 0) is 35.0 Å². The smallest absolute Gasteiger partial charge is 0.231 e. The van der Waals surface area contributed by atoms with Crippen molar-refractivity contribution >= 4 is 27.5 Å². The van der Waals surface area contributed by atoms with Crippen LogP contribution in [0, 0.1) is 0 Å². The summed E-state index contributed by atoms with van der Waals surface area (Å²) in [5, 5.41) is 0. The van der Waals surface area contributed by atoms with Gasteiger partial charge in [0, 0.05) is 18.4 Å². The zero-order valence-corrected chi connectivity index (χ0v) is 10.9. The predicted octanol–water partition coefficient (Wildman–Crippen LogP) is 2.73. The number of Topliss-reactive ketones (excluding diaryl/α,β-unsaturated/α-hetero) is 2. The van der Waals surface area contributed by atoms with Gasteiger partial charge in [0.25, 0.3) is 0 Å². The molecule has 1 aliphatic rings. The van der Waals surface area contributed by atoms with Crippen molar-refractivity contribution in [2.45, 2.75) is 19.8 Å². The van der Waals surface area contributed by atoms with Gasteiger partial charge in [-0.3, -0.25) is 4.79 Å². The van der Waals surface area contributed by atoms with Gasteiger partial charge in [-0.25, -0.2) is 0 Å². The lowest BCUT2D eigenvalue weighted by Gasteiger charge is -2.04. The predicted molar refractivity (Wildman–Crippen MR) is 64.5 cm³/mol. The van der Waals surface area contributed by atoms with Crippen molar-refractivity contribution in [1.29, 1.82) is 0 Å². The van der Waals surface area contributed by atoms with Gasteiger partial charge in [-0.2, -0.15) is 0 Å². The van der Waals surface area contributed by atoms with Crippen molar-refractivity contribution in [2.75, 3.05) is 6.79 Å². The standard InChI is InChI=1S/C12H11BrO4/c1-7(14)2-3-10(15)8-4-9(13)12-11(5-8)16-6-17-12/h4-5H,2-3,6H2,1H3. The number of hydrogen-bond acceptors (Lipinski definition) is 4. The van der Waals surface area contributed by atoms with Crippen molar-refractivity contribution in [1.82, 2.24) is 0 Å². The molecule has 0 fully saturated rings. The molecule has 0 aliphatic carbocycles. The number of carbonyl (C=O) groups excluding carboxylic acids is 2. The van der Waals surface area contributed by atoms with Gasteiger partial charge in [-0.1, -0.05) is 0 Å². The normalized spacial score (nSPS) is 12.6. The fourth-order valence-corrected chi connectivity index (χ4v) is 2.12. The molecule has 0 bridgehead atoms. The quantitative estimate of drug-likeness (QED) is 0.802. The van der Waals surface area contributed by atoms with Crippen LogP contribution in [0.1, 0.15) is 30.1 Å². The molecule has 0 saturated carbocycles. The van der Waals surface area contributed by atoms with E-state index in [1.54, 1.807) is 12.1 Å². The highest BCUT2D eigenvalue weighted by Gasteiger charge is 2.20. The Hall–Kier alpha value is -1.36. The lowest BCUT2D eigenvalue weighted by Crippen LogP contribution is -2.02. The Balaban J connectivity index is 2.19. The van der Waals surface area contributed by atoms with E-state index in [0.29, 0.717) is 21.5 Å². The zero-order valence-electron chi connectivity index (χ0n) is 9.29. The second-order valence-corrected chi connectivity index (χ2v) is 4.67. The number of rotatable bonds is 4. The Morgan fingerprint density at radius 3 is 2.76 bits per heavy atom. The second kappa shape index (κ2) is 4.87. The summed E-state index contributed by atoms with van der Waals surface area (Å²) in [6.07, 6.45) is 0.492. The average molecular weight is 299 g/mol. The molecule has 2 rings (SSSR count). The van der Waals surface area contributed by atoms with E-state index in [9.17, 15) is 9.59 Å². The van der Waals surface area contributed by atoms with Crippen LogP contribution >= 0.6 is 15.9 Å². The molecule has 0 aromatic heterocycles. The highest BCUT2D eigenvalue weighted by molar-refractivity contribution is 9.10. The van der Waals surface area contributed by atoms with Gasteiger partial charge in [0.15, 0.2) is 17.3 Å². The van der Waals surface area contributed by atoms with Crippen LogP contribution < -0.4 is 9.47 Å². The Labute approximate surface area is 107 Å². The fraction of sp³-hybridized carbons (Fsp3) is 0.333. The summed E-state index contributed by atoms with van der Waals surface area (Å²) >= 11 is 3.32. The maximum Gasteiger partial charge on any atom is 0.231 e. The van der Waals surface area contributed by atoms with E-state index in [-0.39, 0.29) is 31.2 Å². The van der Waals surface area contributed by atoms with Crippen LogP contribution in [-0.2, 0) is 4.79 Å². The molecule has 0 atom stereocenters. The molecule has 0 radical (unpaired) electrons. The van der Waals surface area contributed by atoms with E-state index in [2.05, 4.69) is 15.9 Å². The number of fused-ring (bicyclic) bond motifs is 1. The van der Waals surface area contributed by atoms with Gasteiger partial charge < -0.3 is 14.3 Å². The SMILES string of the molecule is CC(=O)CCC(=O)c1cc(Br)c2c(c1)OCO2. The first-order valence-electron chi connectivity index (χ1n) is 5.19. The summed E-state index contributed by atoms with van der Waals surface area (Å²) in [7, 11) is 0. The zero-order chi connectivity index (χ0) is 12.4. The highest BCUT2D eigenvalue weighted by Crippen LogP contribution is 2.40. The third-order valence-corrected chi connectivity index (χ3v) is 3.04. The number of carbonyl (C=O) groups is 2. The molecule has 4 nitrogen and oxygen atoms in total. The number of ether oxygens (including phenoxy) is 2. The van der Waals surface area contributed by atoms with Gasteiger partial charge in [0.05, 0.1) is 4.47 Å². The molecule has 5 heteroatoms. The van der Waals surface area contributed by atoms with Gasteiger partial charge >= 0.3 is 0 Å². The molecule has 1 heterocycles. The Morgan fingerprint density at radius 2 is 2.06 bits per heavy atom. The van der Waals surface area contributed by atoms with Crippen LogP contribution in [0.5, 0.6) is 11.5 Å². The molecule has 0 N–H and O–H groups in total. The molecule has 0 spiro atoms. The van der Waals surface area contributed by atoms with E-state index in [4.69, 9.17) is 9.47 Å². The van der Waals surface area contributed by atoms with Crippen LogP contribution in [0.15, 0.2) is 16.6 Å². The number of ketones is 2. The molecule has 17 heavy (non-hydrogen) atoms.